The molecule has 0 fully saturated rings. The second-order valence-corrected chi connectivity index (χ2v) is 5.30. The molecule has 2 aromatic rings. The summed E-state index contributed by atoms with van der Waals surface area (Å²) in [5, 5.41) is 12.8. The first-order valence-corrected chi connectivity index (χ1v) is 6.64. The predicted molar refractivity (Wildman–Crippen MR) is 76.5 cm³/mol. The normalized spacial score (nSPS) is 13.8. The van der Waals surface area contributed by atoms with Gasteiger partial charge in [0.05, 0.1) is 12.1 Å². The van der Waals surface area contributed by atoms with Crippen molar-refractivity contribution in [3.05, 3.63) is 58.8 Å². The fourth-order valence-corrected chi connectivity index (χ4v) is 1.98. The summed E-state index contributed by atoms with van der Waals surface area (Å²) in [6.07, 6.45) is 0. The van der Waals surface area contributed by atoms with Gasteiger partial charge in [-0.15, -0.1) is 0 Å². The highest BCUT2D eigenvalue weighted by Crippen LogP contribution is 2.22. The Morgan fingerprint density at radius 3 is 2.67 bits per heavy atom. The quantitative estimate of drug-likeness (QED) is 0.910. The number of hydrogen-bond donors (Lipinski definition) is 2. The van der Waals surface area contributed by atoms with E-state index in [2.05, 4.69) is 5.32 Å². The average molecular weight is 291 g/mol. The summed E-state index contributed by atoms with van der Waals surface area (Å²) in [6, 6.07) is 7.99. The molecule has 0 saturated heterocycles. The van der Waals surface area contributed by atoms with Gasteiger partial charge in [-0.25, -0.2) is 4.39 Å². The van der Waals surface area contributed by atoms with Crippen LogP contribution >= 0.6 is 0 Å². The maximum atomic E-state index is 13.9. The van der Waals surface area contributed by atoms with Gasteiger partial charge in [-0.05, 0) is 44.5 Å². The van der Waals surface area contributed by atoms with Crippen molar-refractivity contribution in [2.75, 3.05) is 6.54 Å². The molecule has 112 valence electrons. The number of aryl methyl sites for hydroxylation is 2. The minimum Gasteiger partial charge on any atom is -0.463 e. The van der Waals surface area contributed by atoms with Gasteiger partial charge in [-0.2, -0.15) is 0 Å². The van der Waals surface area contributed by atoms with Crippen molar-refractivity contribution in [2.45, 2.75) is 26.4 Å². The lowest BCUT2D eigenvalue weighted by Gasteiger charge is -2.21. The van der Waals surface area contributed by atoms with E-state index >= 15 is 0 Å². The zero-order valence-corrected chi connectivity index (χ0v) is 12.2. The summed E-state index contributed by atoms with van der Waals surface area (Å²) in [7, 11) is 0. The predicted octanol–water partition coefficient (Wildman–Crippen LogP) is 2.67. The van der Waals surface area contributed by atoms with E-state index in [0.29, 0.717) is 17.1 Å². The highest BCUT2D eigenvalue weighted by Gasteiger charge is 2.28. The fraction of sp³-hybridized carbons (Fsp3) is 0.312. The van der Waals surface area contributed by atoms with Crippen LogP contribution in [-0.4, -0.2) is 17.6 Å². The molecular formula is C16H18FNO3. The number of carbonyl (C=O) groups is 1. The second kappa shape index (κ2) is 5.69. The second-order valence-electron chi connectivity index (χ2n) is 5.30. The number of nitrogens with one attached hydrogen (secondary N) is 1. The zero-order valence-electron chi connectivity index (χ0n) is 12.2. The average Bonchev–Trinajstić information content (AvgIpc) is 2.87. The van der Waals surface area contributed by atoms with E-state index in [4.69, 9.17) is 4.42 Å². The molecule has 1 heterocycles. The largest absolute Gasteiger partial charge is 0.463 e. The Bertz CT molecular complexity index is 661. The van der Waals surface area contributed by atoms with Crippen molar-refractivity contribution in [2.24, 2.45) is 0 Å². The van der Waals surface area contributed by atoms with Gasteiger partial charge >= 0.3 is 0 Å². The lowest BCUT2D eigenvalue weighted by molar-refractivity contribution is 0.0322. The van der Waals surface area contributed by atoms with Gasteiger partial charge in [-0.1, -0.05) is 12.1 Å². The number of furan rings is 1. The molecule has 0 spiro atoms. The van der Waals surface area contributed by atoms with Crippen LogP contribution in [0.25, 0.3) is 0 Å². The zero-order chi connectivity index (χ0) is 15.6. The van der Waals surface area contributed by atoms with E-state index in [9.17, 15) is 14.3 Å². The lowest BCUT2D eigenvalue weighted by atomic mass is 10.0. The Morgan fingerprint density at radius 2 is 2.05 bits per heavy atom. The molecule has 1 aromatic carbocycles. The van der Waals surface area contributed by atoms with Gasteiger partial charge in [0.15, 0.2) is 0 Å². The summed E-state index contributed by atoms with van der Waals surface area (Å²) < 4.78 is 19.2. The first-order valence-electron chi connectivity index (χ1n) is 6.64. The number of hydrogen-bond acceptors (Lipinski definition) is 3. The first-order chi connectivity index (χ1) is 9.81. The van der Waals surface area contributed by atoms with Crippen LogP contribution < -0.4 is 5.32 Å². The molecule has 0 aliphatic carbocycles. The molecule has 5 heteroatoms. The molecule has 0 aliphatic rings. The van der Waals surface area contributed by atoms with Gasteiger partial charge in [0.25, 0.3) is 5.91 Å². The molecular weight excluding hydrogens is 273 g/mol. The topological polar surface area (TPSA) is 62.5 Å². The molecule has 1 atom stereocenters. The van der Waals surface area contributed by atoms with E-state index in [1.54, 1.807) is 38.1 Å². The lowest BCUT2D eigenvalue weighted by Crippen LogP contribution is -2.38. The Kier molecular flexibility index (Phi) is 4.14. The van der Waals surface area contributed by atoms with Crippen LogP contribution in [0, 0.1) is 19.7 Å². The fourth-order valence-electron chi connectivity index (χ4n) is 1.98. The van der Waals surface area contributed by atoms with Crippen LogP contribution in [0.1, 0.15) is 34.4 Å². The number of benzene rings is 1. The summed E-state index contributed by atoms with van der Waals surface area (Å²) in [6.45, 7) is 4.80. The molecule has 1 amide bonds. The SMILES string of the molecule is Cc1ccc(C(C)(O)CNC(=O)c2cccc(C)c2F)o1. The Morgan fingerprint density at radius 1 is 1.33 bits per heavy atom. The van der Waals surface area contributed by atoms with Crippen LogP contribution in [0.5, 0.6) is 0 Å². The summed E-state index contributed by atoms with van der Waals surface area (Å²) in [4.78, 5) is 12.0. The molecule has 4 nitrogen and oxygen atoms in total. The standard InChI is InChI=1S/C16H18FNO3/c1-10-5-4-6-12(14(10)17)15(19)18-9-16(3,20)13-8-7-11(2)21-13/h4-8,20H,9H2,1-3H3,(H,18,19). The minimum absolute atomic E-state index is 0.0403. The third kappa shape index (κ3) is 3.31. The van der Waals surface area contributed by atoms with E-state index < -0.39 is 17.3 Å². The summed E-state index contributed by atoms with van der Waals surface area (Å²) in [5.74, 6) is -0.102. The molecule has 0 saturated carbocycles. The summed E-state index contributed by atoms with van der Waals surface area (Å²) in [5.41, 5.74) is -0.998. The Hall–Kier alpha value is -2.14. The van der Waals surface area contributed by atoms with Crippen molar-refractivity contribution in [3.8, 4) is 0 Å². The third-order valence-corrected chi connectivity index (χ3v) is 3.30. The van der Waals surface area contributed by atoms with Crippen LogP contribution in [0.15, 0.2) is 34.7 Å². The van der Waals surface area contributed by atoms with Crippen LogP contribution in [0.3, 0.4) is 0 Å². The number of halogens is 1. The highest BCUT2D eigenvalue weighted by atomic mass is 19.1. The van der Waals surface area contributed by atoms with Gasteiger partial charge in [0.1, 0.15) is 22.9 Å². The third-order valence-electron chi connectivity index (χ3n) is 3.30. The maximum absolute atomic E-state index is 13.9. The van der Waals surface area contributed by atoms with Gasteiger partial charge < -0.3 is 14.8 Å². The maximum Gasteiger partial charge on any atom is 0.254 e. The van der Waals surface area contributed by atoms with Crippen molar-refractivity contribution in [3.63, 3.8) is 0 Å². The van der Waals surface area contributed by atoms with Crippen LogP contribution in [-0.2, 0) is 5.60 Å². The Labute approximate surface area is 122 Å². The Balaban J connectivity index is 2.09. The number of aliphatic hydroxyl groups is 1. The molecule has 2 N–H and O–H groups in total. The monoisotopic (exact) mass is 291 g/mol. The number of rotatable bonds is 4. The van der Waals surface area contributed by atoms with Crippen molar-refractivity contribution in [1.29, 1.82) is 0 Å². The van der Waals surface area contributed by atoms with Crippen LogP contribution in [0.4, 0.5) is 4.39 Å². The summed E-state index contributed by atoms with van der Waals surface area (Å²) >= 11 is 0. The molecule has 0 aliphatic heterocycles. The molecule has 21 heavy (non-hydrogen) atoms. The number of carbonyl (C=O) groups excluding carboxylic acids is 1. The van der Waals surface area contributed by atoms with Gasteiger partial charge in [0, 0.05) is 0 Å². The molecule has 0 bridgehead atoms. The van der Waals surface area contributed by atoms with E-state index in [1.165, 1.54) is 13.0 Å². The smallest absolute Gasteiger partial charge is 0.254 e. The van der Waals surface area contributed by atoms with E-state index in [1.807, 2.05) is 0 Å². The molecule has 1 aromatic heterocycles. The number of amides is 1. The van der Waals surface area contributed by atoms with Crippen molar-refractivity contribution >= 4 is 5.91 Å². The molecule has 1 unspecified atom stereocenters. The molecule has 2 rings (SSSR count). The van der Waals surface area contributed by atoms with Crippen LogP contribution in [0.2, 0.25) is 0 Å². The van der Waals surface area contributed by atoms with Crippen molar-refractivity contribution < 1.29 is 18.7 Å². The minimum atomic E-state index is -1.36. The van der Waals surface area contributed by atoms with E-state index in [0.717, 1.165) is 0 Å². The molecule has 0 radical (unpaired) electrons. The first kappa shape index (κ1) is 15.3. The van der Waals surface area contributed by atoms with E-state index in [-0.39, 0.29) is 12.1 Å². The van der Waals surface area contributed by atoms with Crippen molar-refractivity contribution in [1.82, 2.24) is 5.32 Å². The highest BCUT2D eigenvalue weighted by molar-refractivity contribution is 5.94. The van der Waals surface area contributed by atoms with Gasteiger partial charge in [0.2, 0.25) is 0 Å². The van der Waals surface area contributed by atoms with Gasteiger partial charge in [-0.3, -0.25) is 4.79 Å².